The van der Waals surface area contributed by atoms with Gasteiger partial charge in [0, 0.05) is 6.61 Å². The average Bonchev–Trinajstić information content (AvgIpc) is 1.69. The molecule has 52 valence electrons. The number of hydrogen-bond acceptors (Lipinski definition) is 1. The summed E-state index contributed by atoms with van der Waals surface area (Å²) in [5.41, 5.74) is 0. The number of rotatable bonds is 4. The molecule has 0 bridgehead atoms. The van der Waals surface area contributed by atoms with Gasteiger partial charge in [-0.05, 0) is 6.42 Å². The molecule has 0 fully saturated rings. The number of halogens is 2. The van der Waals surface area contributed by atoms with E-state index in [0.29, 0.717) is 6.07 Å². The average molecular weight is 159 g/mol. The van der Waals surface area contributed by atoms with Crippen molar-refractivity contribution in [1.29, 1.82) is 0 Å². The Morgan fingerprint density at radius 2 is 2.12 bits per heavy atom. The molecule has 0 rings (SSSR count). The quantitative estimate of drug-likeness (QED) is 0.452. The normalized spacial score (nSPS) is 8.25. The summed E-state index contributed by atoms with van der Waals surface area (Å²) >= 11 is 5.22. The van der Waals surface area contributed by atoms with E-state index in [9.17, 15) is 0 Å². The number of hydrogen-bond donors (Lipinski definition) is 0. The molecule has 3 heteroatoms. The van der Waals surface area contributed by atoms with E-state index in [1.165, 1.54) is 6.42 Å². The van der Waals surface area contributed by atoms with Gasteiger partial charge in [-0.2, -0.15) is 0 Å². The standard InChI is InChI=1S/C5H11ClO.ClH/c1-2-3-4-7-5-6;/h2-5H2,1H3;1H. The van der Waals surface area contributed by atoms with Crippen LogP contribution < -0.4 is 0 Å². The van der Waals surface area contributed by atoms with E-state index in [1.54, 1.807) is 0 Å². The second-order valence-electron chi connectivity index (χ2n) is 1.37. The smallest absolute Gasteiger partial charge is 0.120 e. The van der Waals surface area contributed by atoms with Crippen molar-refractivity contribution in [2.45, 2.75) is 19.8 Å². The molecule has 0 aliphatic rings. The molecule has 1 nitrogen and oxygen atoms in total. The van der Waals surface area contributed by atoms with Crippen LogP contribution in [0.15, 0.2) is 0 Å². The summed E-state index contributed by atoms with van der Waals surface area (Å²) in [5.74, 6) is 0. The highest BCUT2D eigenvalue weighted by molar-refractivity contribution is 6.17. The molecule has 0 saturated carbocycles. The molecule has 0 aliphatic heterocycles. The molecular formula is C5H12Cl2O. The van der Waals surface area contributed by atoms with Crippen LogP contribution in [0.2, 0.25) is 0 Å². The lowest BCUT2D eigenvalue weighted by atomic mass is 10.4. The Morgan fingerprint density at radius 1 is 1.50 bits per heavy atom. The zero-order valence-corrected chi connectivity index (χ0v) is 6.60. The molecule has 0 aromatic heterocycles. The van der Waals surface area contributed by atoms with Gasteiger partial charge in [0.1, 0.15) is 6.07 Å². The summed E-state index contributed by atoms with van der Waals surface area (Å²) in [6.07, 6.45) is 2.30. The monoisotopic (exact) mass is 158 g/mol. The summed E-state index contributed by atoms with van der Waals surface area (Å²) in [5, 5.41) is 0. The first-order chi connectivity index (χ1) is 3.41. The third-order valence-corrected chi connectivity index (χ3v) is 0.874. The molecule has 0 aromatic rings. The van der Waals surface area contributed by atoms with Crippen molar-refractivity contribution >= 4 is 24.0 Å². The molecule has 0 radical (unpaired) electrons. The van der Waals surface area contributed by atoms with E-state index in [1.807, 2.05) is 0 Å². The Labute approximate surface area is 61.8 Å². The molecule has 0 aliphatic carbocycles. The Kier molecular flexibility index (Phi) is 14.9. The van der Waals surface area contributed by atoms with Gasteiger partial charge in [0.2, 0.25) is 0 Å². The minimum atomic E-state index is 0. The third-order valence-electron chi connectivity index (χ3n) is 0.719. The van der Waals surface area contributed by atoms with E-state index in [2.05, 4.69) is 6.92 Å². The van der Waals surface area contributed by atoms with Crippen molar-refractivity contribution in [2.24, 2.45) is 0 Å². The van der Waals surface area contributed by atoms with Gasteiger partial charge in [-0.15, -0.1) is 12.4 Å². The Hall–Kier alpha value is 0.540. The Bertz CT molecular complexity index is 29.6. The molecule has 8 heavy (non-hydrogen) atoms. The molecule has 0 amide bonds. The van der Waals surface area contributed by atoms with Gasteiger partial charge in [0.05, 0.1) is 0 Å². The molecule has 0 unspecified atom stereocenters. The molecule has 0 saturated heterocycles. The minimum Gasteiger partial charge on any atom is -0.366 e. The topological polar surface area (TPSA) is 9.23 Å². The van der Waals surface area contributed by atoms with Gasteiger partial charge in [-0.1, -0.05) is 24.9 Å². The fourth-order valence-corrected chi connectivity index (χ4v) is 0.410. The van der Waals surface area contributed by atoms with Gasteiger partial charge in [0.15, 0.2) is 0 Å². The number of ether oxygens (including phenoxy) is 1. The molecule has 0 spiro atoms. The zero-order chi connectivity index (χ0) is 5.54. The second-order valence-corrected chi connectivity index (χ2v) is 1.59. The lowest BCUT2D eigenvalue weighted by Gasteiger charge is -1.93. The fourth-order valence-electron chi connectivity index (χ4n) is 0.301. The van der Waals surface area contributed by atoms with E-state index in [0.717, 1.165) is 13.0 Å². The number of unbranched alkanes of at least 4 members (excludes halogenated alkanes) is 1. The van der Waals surface area contributed by atoms with Crippen molar-refractivity contribution in [3.8, 4) is 0 Å². The summed E-state index contributed by atoms with van der Waals surface area (Å²) in [6.45, 7) is 2.93. The van der Waals surface area contributed by atoms with Crippen LogP contribution in [0.3, 0.4) is 0 Å². The van der Waals surface area contributed by atoms with Crippen LogP contribution in [0.5, 0.6) is 0 Å². The lowest BCUT2D eigenvalue weighted by molar-refractivity contribution is 0.175. The van der Waals surface area contributed by atoms with Gasteiger partial charge in [-0.25, -0.2) is 0 Å². The van der Waals surface area contributed by atoms with Crippen LogP contribution in [-0.4, -0.2) is 12.7 Å². The van der Waals surface area contributed by atoms with Crippen LogP contribution in [0.1, 0.15) is 19.8 Å². The summed E-state index contributed by atoms with van der Waals surface area (Å²) in [6, 6.07) is 0.333. The summed E-state index contributed by atoms with van der Waals surface area (Å²) in [7, 11) is 0. The molecular weight excluding hydrogens is 147 g/mol. The van der Waals surface area contributed by atoms with Crippen LogP contribution >= 0.6 is 24.0 Å². The Morgan fingerprint density at radius 3 is 2.50 bits per heavy atom. The first-order valence-corrected chi connectivity index (χ1v) is 3.09. The largest absolute Gasteiger partial charge is 0.366 e. The van der Waals surface area contributed by atoms with Crippen molar-refractivity contribution in [3.63, 3.8) is 0 Å². The molecule has 0 atom stereocenters. The van der Waals surface area contributed by atoms with E-state index < -0.39 is 0 Å². The second kappa shape index (κ2) is 10.5. The molecule has 0 aromatic carbocycles. The predicted molar refractivity (Wildman–Crippen MR) is 38.8 cm³/mol. The zero-order valence-electron chi connectivity index (χ0n) is 5.02. The highest BCUT2D eigenvalue weighted by Crippen LogP contribution is 1.87. The highest BCUT2D eigenvalue weighted by atomic mass is 35.5. The summed E-state index contributed by atoms with van der Waals surface area (Å²) in [4.78, 5) is 0. The van der Waals surface area contributed by atoms with Crippen LogP contribution in [0.4, 0.5) is 0 Å². The minimum absolute atomic E-state index is 0. The molecule has 0 heterocycles. The van der Waals surface area contributed by atoms with Gasteiger partial charge >= 0.3 is 0 Å². The van der Waals surface area contributed by atoms with Crippen molar-refractivity contribution in [3.05, 3.63) is 0 Å². The maximum absolute atomic E-state index is 5.22. The van der Waals surface area contributed by atoms with Gasteiger partial charge < -0.3 is 4.74 Å². The summed E-state index contributed by atoms with van der Waals surface area (Å²) < 4.78 is 4.84. The maximum Gasteiger partial charge on any atom is 0.120 e. The van der Waals surface area contributed by atoms with E-state index in [4.69, 9.17) is 16.3 Å². The van der Waals surface area contributed by atoms with Crippen molar-refractivity contribution < 1.29 is 4.74 Å². The van der Waals surface area contributed by atoms with Crippen LogP contribution in [-0.2, 0) is 4.74 Å². The van der Waals surface area contributed by atoms with Crippen molar-refractivity contribution in [1.82, 2.24) is 0 Å². The first-order valence-electron chi connectivity index (χ1n) is 2.55. The fraction of sp³-hybridized carbons (Fsp3) is 1.00. The predicted octanol–water partition coefficient (Wildman–Crippen LogP) is 2.42. The SMILES string of the molecule is CCCCOCCl.Cl. The van der Waals surface area contributed by atoms with E-state index >= 15 is 0 Å². The van der Waals surface area contributed by atoms with Crippen LogP contribution in [0, 0.1) is 0 Å². The van der Waals surface area contributed by atoms with Crippen molar-refractivity contribution in [2.75, 3.05) is 12.7 Å². The Balaban J connectivity index is 0. The van der Waals surface area contributed by atoms with Gasteiger partial charge in [0.25, 0.3) is 0 Å². The third kappa shape index (κ3) is 9.74. The number of alkyl halides is 1. The van der Waals surface area contributed by atoms with E-state index in [-0.39, 0.29) is 12.4 Å². The highest BCUT2D eigenvalue weighted by Gasteiger charge is 1.79. The maximum atomic E-state index is 5.22. The van der Waals surface area contributed by atoms with Crippen LogP contribution in [0.25, 0.3) is 0 Å². The van der Waals surface area contributed by atoms with Gasteiger partial charge in [-0.3, -0.25) is 0 Å². The first kappa shape index (κ1) is 11.4. The molecule has 0 N–H and O–H groups in total. The lowest BCUT2D eigenvalue weighted by Crippen LogP contribution is -1.88.